The van der Waals surface area contributed by atoms with E-state index in [4.69, 9.17) is 23.7 Å². The predicted molar refractivity (Wildman–Crippen MR) is 141 cm³/mol. The van der Waals surface area contributed by atoms with E-state index in [1.54, 1.807) is 18.2 Å². The fourth-order valence-electron chi connectivity index (χ4n) is 4.06. The molecule has 1 fully saturated rings. The molecule has 212 valence electrons. The first-order valence-electron chi connectivity index (χ1n) is 12.5. The van der Waals surface area contributed by atoms with Gasteiger partial charge in [-0.3, -0.25) is 24.0 Å². The van der Waals surface area contributed by atoms with Gasteiger partial charge in [-0.2, -0.15) is 0 Å². The van der Waals surface area contributed by atoms with Gasteiger partial charge in [0.25, 0.3) is 0 Å². The molecule has 11 nitrogen and oxygen atoms in total. The number of amides is 1. The van der Waals surface area contributed by atoms with Crippen LogP contribution in [-0.4, -0.2) is 66.8 Å². The molecular formula is C29H31NO10. The number of allylic oxidation sites excluding steroid dienone is 1. The van der Waals surface area contributed by atoms with Crippen LogP contribution in [0.1, 0.15) is 43.6 Å². The van der Waals surface area contributed by atoms with Gasteiger partial charge in [0.05, 0.1) is 0 Å². The van der Waals surface area contributed by atoms with Crippen LogP contribution in [0.2, 0.25) is 0 Å². The lowest BCUT2D eigenvalue weighted by Gasteiger charge is -2.44. The minimum Gasteiger partial charge on any atom is -0.463 e. The van der Waals surface area contributed by atoms with Crippen molar-refractivity contribution in [2.45, 2.75) is 58.3 Å². The minimum atomic E-state index is -1.26. The summed E-state index contributed by atoms with van der Waals surface area (Å²) in [7, 11) is 0. The van der Waals surface area contributed by atoms with Gasteiger partial charge in [0.2, 0.25) is 12.2 Å². The van der Waals surface area contributed by atoms with Gasteiger partial charge in [-0.25, -0.2) is 0 Å². The van der Waals surface area contributed by atoms with Gasteiger partial charge in [0.1, 0.15) is 24.5 Å². The second-order valence-corrected chi connectivity index (χ2v) is 8.97. The van der Waals surface area contributed by atoms with Crippen molar-refractivity contribution >= 4 is 35.7 Å². The Morgan fingerprint density at radius 2 is 1.45 bits per heavy atom. The van der Waals surface area contributed by atoms with E-state index in [1.165, 1.54) is 32.1 Å². The topological polar surface area (TPSA) is 144 Å². The molecule has 1 N–H and O–H groups in total. The molecule has 5 atom stereocenters. The maximum atomic E-state index is 12.6. The van der Waals surface area contributed by atoms with E-state index in [-0.39, 0.29) is 18.1 Å². The first-order chi connectivity index (χ1) is 19.0. The standard InChI is InChI=1S/C29H31NO10/c1-17(31)30-26-28(38-20(4)34)27(37-19(3)33)25(16-36-18(2)32)40-29(26)39-23-13-11-22(12-14-23)24(35)15-10-21-8-6-5-7-9-21/h5-15,25-29H,16H2,1-4H3,(H,30,31)/b15-10-/t25-,26+,27+,28-,29-/m1/s1. The molecule has 0 bridgehead atoms. The molecule has 0 aliphatic carbocycles. The Hall–Kier alpha value is -4.51. The maximum absolute atomic E-state index is 12.6. The van der Waals surface area contributed by atoms with Crippen LogP contribution in [0.15, 0.2) is 60.7 Å². The van der Waals surface area contributed by atoms with Crippen molar-refractivity contribution in [3.05, 3.63) is 71.8 Å². The molecule has 1 amide bonds. The Morgan fingerprint density at radius 3 is 2.02 bits per heavy atom. The van der Waals surface area contributed by atoms with Crippen LogP contribution in [0, 0.1) is 0 Å². The van der Waals surface area contributed by atoms with E-state index < -0.39 is 54.5 Å². The van der Waals surface area contributed by atoms with Gasteiger partial charge >= 0.3 is 17.9 Å². The second-order valence-electron chi connectivity index (χ2n) is 8.97. The van der Waals surface area contributed by atoms with E-state index in [2.05, 4.69) is 5.32 Å². The average molecular weight is 554 g/mol. The smallest absolute Gasteiger partial charge is 0.303 e. The van der Waals surface area contributed by atoms with Crippen molar-refractivity contribution in [1.82, 2.24) is 5.32 Å². The number of ketones is 1. The van der Waals surface area contributed by atoms with E-state index in [1.807, 2.05) is 30.3 Å². The molecule has 1 heterocycles. The van der Waals surface area contributed by atoms with Gasteiger partial charge in [-0.05, 0) is 35.9 Å². The second kappa shape index (κ2) is 14.0. The number of hydrogen-bond donors (Lipinski definition) is 1. The molecule has 11 heteroatoms. The summed E-state index contributed by atoms with van der Waals surface area (Å²) >= 11 is 0. The molecule has 0 aromatic heterocycles. The van der Waals surface area contributed by atoms with E-state index >= 15 is 0 Å². The Balaban J connectivity index is 1.86. The molecule has 0 saturated carbocycles. The van der Waals surface area contributed by atoms with Crippen LogP contribution in [-0.2, 0) is 38.1 Å². The first kappa shape index (κ1) is 30.0. The lowest BCUT2D eigenvalue weighted by molar-refractivity contribution is -0.257. The lowest BCUT2D eigenvalue weighted by Crippen LogP contribution is -2.67. The zero-order chi connectivity index (χ0) is 29.2. The highest BCUT2D eigenvalue weighted by Crippen LogP contribution is 2.29. The molecule has 40 heavy (non-hydrogen) atoms. The fourth-order valence-corrected chi connectivity index (χ4v) is 4.06. The van der Waals surface area contributed by atoms with Crippen molar-refractivity contribution in [3.63, 3.8) is 0 Å². The predicted octanol–water partition coefficient (Wildman–Crippen LogP) is 2.62. The number of benzene rings is 2. The van der Waals surface area contributed by atoms with Crippen LogP contribution >= 0.6 is 0 Å². The molecule has 0 unspecified atom stereocenters. The number of hydrogen-bond acceptors (Lipinski definition) is 10. The van der Waals surface area contributed by atoms with Crippen molar-refractivity contribution < 1.29 is 47.7 Å². The Kier molecular flexibility index (Phi) is 10.5. The highest BCUT2D eigenvalue weighted by Gasteiger charge is 2.51. The number of carbonyl (C=O) groups is 5. The third-order valence-electron chi connectivity index (χ3n) is 5.69. The van der Waals surface area contributed by atoms with Gasteiger partial charge in [-0.15, -0.1) is 0 Å². The third-order valence-corrected chi connectivity index (χ3v) is 5.69. The van der Waals surface area contributed by atoms with Crippen LogP contribution in [0.25, 0.3) is 6.08 Å². The SMILES string of the molecule is CC(=O)N[C@@H]1[C@H](Oc2ccc(C(=O)/C=C\c3ccccc3)cc2)O[C@H](COC(C)=O)[C@H](OC(C)=O)[C@@H]1OC(C)=O. The fraction of sp³-hybridized carbons (Fsp3) is 0.345. The molecule has 1 aliphatic rings. The van der Waals surface area contributed by atoms with Crippen molar-refractivity contribution in [1.29, 1.82) is 0 Å². The van der Waals surface area contributed by atoms with Crippen molar-refractivity contribution in [2.75, 3.05) is 6.61 Å². The molecule has 0 spiro atoms. The third kappa shape index (κ3) is 8.77. The van der Waals surface area contributed by atoms with Crippen molar-refractivity contribution in [3.8, 4) is 5.75 Å². The quantitative estimate of drug-likeness (QED) is 0.202. The van der Waals surface area contributed by atoms with Crippen LogP contribution in [0.4, 0.5) is 0 Å². The Labute approximate surface area is 231 Å². The molecule has 2 aromatic carbocycles. The Bertz CT molecular complexity index is 1240. The zero-order valence-electron chi connectivity index (χ0n) is 22.5. The van der Waals surface area contributed by atoms with Gasteiger partial charge in [0, 0.05) is 33.3 Å². The van der Waals surface area contributed by atoms with Crippen molar-refractivity contribution in [2.24, 2.45) is 0 Å². The molecule has 1 aliphatic heterocycles. The summed E-state index contributed by atoms with van der Waals surface area (Å²) in [5.41, 5.74) is 1.29. The largest absolute Gasteiger partial charge is 0.463 e. The summed E-state index contributed by atoms with van der Waals surface area (Å²) in [4.78, 5) is 60.0. The highest BCUT2D eigenvalue weighted by molar-refractivity contribution is 6.06. The van der Waals surface area contributed by atoms with Crippen LogP contribution < -0.4 is 10.1 Å². The number of carbonyl (C=O) groups excluding carboxylic acids is 5. The minimum absolute atomic E-state index is 0.221. The summed E-state index contributed by atoms with van der Waals surface area (Å²) in [6.07, 6.45) is -1.67. The maximum Gasteiger partial charge on any atom is 0.303 e. The summed E-state index contributed by atoms with van der Waals surface area (Å²) in [6.45, 7) is 4.40. The Morgan fingerprint density at radius 1 is 0.825 bits per heavy atom. The van der Waals surface area contributed by atoms with Gasteiger partial charge in [0.15, 0.2) is 18.0 Å². The molecule has 2 aromatic rings. The average Bonchev–Trinajstić information content (AvgIpc) is 2.89. The number of rotatable bonds is 10. The van der Waals surface area contributed by atoms with E-state index in [0.29, 0.717) is 5.56 Å². The van der Waals surface area contributed by atoms with Gasteiger partial charge < -0.3 is 29.0 Å². The summed E-state index contributed by atoms with van der Waals surface area (Å²) < 4.78 is 27.9. The number of ether oxygens (including phenoxy) is 5. The summed E-state index contributed by atoms with van der Waals surface area (Å²) in [5, 5.41) is 2.63. The normalized spacial score (nSPS) is 22.1. The van der Waals surface area contributed by atoms with Crippen LogP contribution in [0.5, 0.6) is 5.75 Å². The molecular weight excluding hydrogens is 522 g/mol. The lowest BCUT2D eigenvalue weighted by atomic mass is 9.96. The molecule has 3 rings (SSSR count). The highest BCUT2D eigenvalue weighted by atomic mass is 16.7. The first-order valence-corrected chi connectivity index (χ1v) is 12.5. The number of esters is 3. The van der Waals surface area contributed by atoms with E-state index in [0.717, 1.165) is 19.4 Å². The summed E-state index contributed by atoms with van der Waals surface area (Å²) in [5.74, 6) is -2.48. The number of nitrogens with one attached hydrogen (secondary N) is 1. The monoisotopic (exact) mass is 553 g/mol. The molecule has 1 saturated heterocycles. The zero-order valence-corrected chi connectivity index (χ0v) is 22.5. The van der Waals surface area contributed by atoms with Gasteiger partial charge in [-0.1, -0.05) is 36.4 Å². The van der Waals surface area contributed by atoms with Crippen LogP contribution in [0.3, 0.4) is 0 Å². The van der Waals surface area contributed by atoms with E-state index in [9.17, 15) is 24.0 Å². The molecule has 0 radical (unpaired) electrons. The summed E-state index contributed by atoms with van der Waals surface area (Å²) in [6, 6.07) is 14.5.